The molecule has 26 heavy (non-hydrogen) atoms. The summed E-state index contributed by atoms with van der Waals surface area (Å²) in [6.45, 7) is 3.16. The van der Waals surface area contributed by atoms with E-state index in [1.807, 2.05) is 0 Å². The van der Waals surface area contributed by atoms with Gasteiger partial charge < -0.3 is 9.64 Å². The number of aryl methyl sites for hydroxylation is 1. The van der Waals surface area contributed by atoms with Crippen LogP contribution in [-0.2, 0) is 19.6 Å². The molecule has 3 rings (SSSR count). The van der Waals surface area contributed by atoms with Gasteiger partial charge >= 0.3 is 0 Å². The SMILES string of the molecule is Cc1cc(S(=O)(=O)N2CCCCC2C(=O)N2CCOCC2)c(F)cc1F. The number of halogens is 2. The molecule has 0 bridgehead atoms. The number of nitrogens with zero attached hydrogens (tertiary/aromatic N) is 2. The Bertz CT molecular complexity index is 794. The van der Waals surface area contributed by atoms with Gasteiger partial charge in [0.25, 0.3) is 0 Å². The van der Waals surface area contributed by atoms with E-state index in [1.165, 1.54) is 6.92 Å². The molecular formula is C17H22F2N2O4S. The molecule has 1 atom stereocenters. The van der Waals surface area contributed by atoms with Crippen LogP contribution in [0.25, 0.3) is 0 Å². The predicted molar refractivity (Wildman–Crippen MR) is 90.0 cm³/mol. The molecule has 2 fully saturated rings. The summed E-state index contributed by atoms with van der Waals surface area (Å²) in [6.07, 6.45) is 1.70. The van der Waals surface area contributed by atoms with Crippen LogP contribution in [0.3, 0.4) is 0 Å². The van der Waals surface area contributed by atoms with E-state index >= 15 is 0 Å². The van der Waals surface area contributed by atoms with Crippen LogP contribution in [0.15, 0.2) is 17.0 Å². The number of carbonyl (C=O) groups is 1. The zero-order valence-corrected chi connectivity index (χ0v) is 15.4. The van der Waals surface area contributed by atoms with Gasteiger partial charge in [0, 0.05) is 25.7 Å². The lowest BCUT2D eigenvalue weighted by Crippen LogP contribution is -2.55. The van der Waals surface area contributed by atoms with Crippen molar-refractivity contribution < 1.29 is 26.7 Å². The highest BCUT2D eigenvalue weighted by molar-refractivity contribution is 7.89. The summed E-state index contributed by atoms with van der Waals surface area (Å²) in [7, 11) is -4.25. The normalized spacial score (nSPS) is 22.4. The average Bonchev–Trinajstić information content (AvgIpc) is 2.64. The third kappa shape index (κ3) is 3.60. The second-order valence-electron chi connectivity index (χ2n) is 6.60. The second-order valence-corrected chi connectivity index (χ2v) is 8.46. The smallest absolute Gasteiger partial charge is 0.246 e. The lowest BCUT2D eigenvalue weighted by atomic mass is 10.0. The molecule has 0 aromatic heterocycles. The number of carbonyl (C=O) groups excluding carboxylic acids is 1. The lowest BCUT2D eigenvalue weighted by molar-refractivity contribution is -0.140. The third-order valence-electron chi connectivity index (χ3n) is 4.86. The number of piperidine rings is 1. The number of hydrogen-bond donors (Lipinski definition) is 0. The van der Waals surface area contributed by atoms with Crippen LogP contribution in [0, 0.1) is 18.6 Å². The summed E-state index contributed by atoms with van der Waals surface area (Å²) in [5.74, 6) is -2.23. The Labute approximate surface area is 151 Å². The molecule has 0 radical (unpaired) electrons. The van der Waals surface area contributed by atoms with E-state index in [4.69, 9.17) is 4.74 Å². The van der Waals surface area contributed by atoms with Crippen LogP contribution < -0.4 is 0 Å². The monoisotopic (exact) mass is 388 g/mol. The highest BCUT2D eigenvalue weighted by Crippen LogP contribution is 2.29. The molecule has 1 aromatic rings. The molecule has 1 aromatic carbocycles. The topological polar surface area (TPSA) is 66.9 Å². The van der Waals surface area contributed by atoms with E-state index < -0.39 is 32.6 Å². The minimum absolute atomic E-state index is 0.0399. The predicted octanol–water partition coefficient (Wildman–Crippen LogP) is 1.68. The number of rotatable bonds is 3. The Morgan fingerprint density at radius 1 is 1.12 bits per heavy atom. The van der Waals surface area contributed by atoms with Gasteiger partial charge in [0.15, 0.2) is 0 Å². The van der Waals surface area contributed by atoms with E-state index in [0.717, 1.165) is 16.8 Å². The van der Waals surface area contributed by atoms with Crippen molar-refractivity contribution in [2.45, 2.75) is 37.1 Å². The van der Waals surface area contributed by atoms with Crippen LogP contribution in [-0.4, -0.2) is 62.4 Å². The minimum Gasteiger partial charge on any atom is -0.378 e. The highest BCUT2D eigenvalue weighted by atomic mass is 32.2. The van der Waals surface area contributed by atoms with Crippen LogP contribution in [0.1, 0.15) is 24.8 Å². The van der Waals surface area contributed by atoms with Crippen LogP contribution >= 0.6 is 0 Å². The number of ether oxygens (including phenoxy) is 1. The Balaban J connectivity index is 1.93. The molecule has 0 N–H and O–H groups in total. The van der Waals surface area contributed by atoms with Crippen molar-refractivity contribution in [3.8, 4) is 0 Å². The average molecular weight is 388 g/mol. The number of benzene rings is 1. The van der Waals surface area contributed by atoms with E-state index in [1.54, 1.807) is 4.90 Å². The van der Waals surface area contributed by atoms with Gasteiger partial charge in [0.2, 0.25) is 15.9 Å². The van der Waals surface area contributed by atoms with E-state index in [0.29, 0.717) is 45.2 Å². The van der Waals surface area contributed by atoms with E-state index in [9.17, 15) is 22.0 Å². The first-order valence-electron chi connectivity index (χ1n) is 8.66. The molecule has 2 aliphatic heterocycles. The van der Waals surface area contributed by atoms with Crippen molar-refractivity contribution in [2.24, 2.45) is 0 Å². The molecular weight excluding hydrogens is 366 g/mol. The van der Waals surface area contributed by atoms with E-state index in [2.05, 4.69) is 0 Å². The van der Waals surface area contributed by atoms with Gasteiger partial charge in [-0.05, 0) is 31.4 Å². The van der Waals surface area contributed by atoms with Gasteiger partial charge in [-0.3, -0.25) is 4.79 Å². The summed E-state index contributed by atoms with van der Waals surface area (Å²) in [5, 5.41) is 0. The van der Waals surface area contributed by atoms with Crippen LogP contribution in [0.4, 0.5) is 8.78 Å². The summed E-state index contributed by atoms with van der Waals surface area (Å²) < 4.78 is 60.1. The Kier molecular flexibility index (Phi) is 5.59. The summed E-state index contributed by atoms with van der Waals surface area (Å²) in [6, 6.07) is 0.701. The Morgan fingerprint density at radius 2 is 1.81 bits per heavy atom. The maximum Gasteiger partial charge on any atom is 0.246 e. The molecule has 0 spiro atoms. The minimum atomic E-state index is -4.25. The van der Waals surface area contributed by atoms with Gasteiger partial charge in [-0.15, -0.1) is 0 Å². The third-order valence-corrected chi connectivity index (χ3v) is 6.78. The zero-order chi connectivity index (χ0) is 18.9. The fourth-order valence-electron chi connectivity index (χ4n) is 3.39. The van der Waals surface area contributed by atoms with Crippen molar-refractivity contribution in [1.29, 1.82) is 0 Å². The molecule has 144 valence electrons. The van der Waals surface area contributed by atoms with Crippen molar-refractivity contribution in [3.63, 3.8) is 0 Å². The quantitative estimate of drug-likeness (QED) is 0.790. The Morgan fingerprint density at radius 3 is 2.50 bits per heavy atom. The maximum atomic E-state index is 14.2. The first-order chi connectivity index (χ1) is 12.3. The molecule has 9 heteroatoms. The van der Waals surface area contributed by atoms with Crippen molar-refractivity contribution in [3.05, 3.63) is 29.3 Å². The van der Waals surface area contributed by atoms with E-state index in [-0.39, 0.29) is 18.0 Å². The molecule has 1 amide bonds. The maximum absolute atomic E-state index is 14.2. The molecule has 2 heterocycles. The molecule has 0 aliphatic carbocycles. The number of morpholine rings is 1. The van der Waals surface area contributed by atoms with Gasteiger partial charge in [-0.25, -0.2) is 17.2 Å². The molecule has 1 unspecified atom stereocenters. The second kappa shape index (κ2) is 7.58. The van der Waals surface area contributed by atoms with Gasteiger partial charge in [-0.2, -0.15) is 4.31 Å². The fraction of sp³-hybridized carbons (Fsp3) is 0.588. The standard InChI is InChI=1S/C17H22F2N2O4S/c1-12-10-16(14(19)11-13(12)18)26(23,24)21-5-3-2-4-15(21)17(22)20-6-8-25-9-7-20/h10-11,15H,2-9H2,1H3. The van der Waals surface area contributed by atoms with Crippen molar-refractivity contribution >= 4 is 15.9 Å². The first kappa shape index (κ1) is 19.2. The summed E-state index contributed by atoms with van der Waals surface area (Å²) in [4.78, 5) is 13.9. The molecule has 6 nitrogen and oxygen atoms in total. The number of sulfonamides is 1. The number of hydrogen-bond acceptors (Lipinski definition) is 4. The summed E-state index contributed by atoms with van der Waals surface area (Å²) >= 11 is 0. The Hall–Kier alpha value is -1.58. The van der Waals surface area contributed by atoms with Gasteiger partial charge in [0.05, 0.1) is 13.2 Å². The van der Waals surface area contributed by atoms with Crippen LogP contribution in [0.5, 0.6) is 0 Å². The molecule has 2 aliphatic rings. The first-order valence-corrected chi connectivity index (χ1v) is 10.1. The highest BCUT2D eigenvalue weighted by Gasteiger charge is 2.40. The lowest BCUT2D eigenvalue weighted by Gasteiger charge is -2.38. The summed E-state index contributed by atoms with van der Waals surface area (Å²) in [5.41, 5.74) is 0.0399. The van der Waals surface area contributed by atoms with Gasteiger partial charge in [-0.1, -0.05) is 6.42 Å². The zero-order valence-electron chi connectivity index (χ0n) is 14.6. The fourth-order valence-corrected chi connectivity index (χ4v) is 5.17. The molecule has 2 saturated heterocycles. The van der Waals surface area contributed by atoms with Gasteiger partial charge in [0.1, 0.15) is 22.6 Å². The van der Waals surface area contributed by atoms with Crippen LogP contribution in [0.2, 0.25) is 0 Å². The number of amides is 1. The van der Waals surface area contributed by atoms with Crippen molar-refractivity contribution in [2.75, 3.05) is 32.8 Å². The largest absolute Gasteiger partial charge is 0.378 e. The van der Waals surface area contributed by atoms with Crippen molar-refractivity contribution in [1.82, 2.24) is 9.21 Å². The molecule has 0 saturated carbocycles.